The molecule has 0 amide bonds. The molecule has 0 aromatic heterocycles. The Morgan fingerprint density at radius 3 is 2.45 bits per heavy atom. The Morgan fingerprint density at radius 1 is 0.935 bits per heavy atom. The third kappa shape index (κ3) is 4.28. The summed E-state index contributed by atoms with van der Waals surface area (Å²) in [6.07, 6.45) is 1.63. The lowest BCUT2D eigenvalue weighted by molar-refractivity contribution is 0.0921. The Bertz CT molecular complexity index is 1160. The number of fused-ring (bicyclic) bond motifs is 1. The summed E-state index contributed by atoms with van der Waals surface area (Å²) in [5.74, 6) is 1.84. The molecule has 6 heteroatoms. The third-order valence-corrected chi connectivity index (χ3v) is 4.83. The fourth-order valence-electron chi connectivity index (χ4n) is 3.19. The molecule has 0 atom stereocenters. The number of carbonyl (C=O) groups excluding carboxylic acids is 2. The van der Waals surface area contributed by atoms with E-state index < -0.39 is 0 Å². The zero-order valence-electron chi connectivity index (χ0n) is 17.1. The predicted molar refractivity (Wildman–Crippen MR) is 115 cm³/mol. The zero-order chi connectivity index (χ0) is 21.8. The van der Waals surface area contributed by atoms with Crippen molar-refractivity contribution in [1.29, 1.82) is 0 Å². The van der Waals surface area contributed by atoms with E-state index in [2.05, 4.69) is 0 Å². The molecule has 6 nitrogen and oxygen atoms in total. The van der Waals surface area contributed by atoms with Gasteiger partial charge in [0.25, 0.3) is 0 Å². The molecule has 0 saturated heterocycles. The van der Waals surface area contributed by atoms with Crippen LogP contribution in [0.1, 0.15) is 26.3 Å². The third-order valence-electron chi connectivity index (χ3n) is 4.83. The monoisotopic (exact) mass is 416 g/mol. The van der Waals surface area contributed by atoms with Gasteiger partial charge in [0.2, 0.25) is 5.78 Å². The van der Waals surface area contributed by atoms with Crippen LogP contribution in [0.5, 0.6) is 23.0 Å². The molecule has 1 aliphatic heterocycles. The quantitative estimate of drug-likeness (QED) is 0.415. The van der Waals surface area contributed by atoms with E-state index >= 15 is 0 Å². The minimum absolute atomic E-state index is 0.109. The van der Waals surface area contributed by atoms with Crippen LogP contribution in [0.3, 0.4) is 0 Å². The van der Waals surface area contributed by atoms with Crippen molar-refractivity contribution in [2.24, 2.45) is 0 Å². The van der Waals surface area contributed by atoms with Gasteiger partial charge in [0.1, 0.15) is 23.0 Å². The van der Waals surface area contributed by atoms with E-state index in [0.717, 1.165) is 0 Å². The van der Waals surface area contributed by atoms with E-state index in [1.54, 1.807) is 81.0 Å². The minimum atomic E-state index is -0.236. The van der Waals surface area contributed by atoms with Gasteiger partial charge in [-0.15, -0.1) is 0 Å². The van der Waals surface area contributed by atoms with Crippen LogP contribution < -0.4 is 18.9 Å². The maximum absolute atomic E-state index is 12.7. The maximum Gasteiger partial charge on any atom is 0.231 e. The fourth-order valence-corrected chi connectivity index (χ4v) is 3.19. The van der Waals surface area contributed by atoms with Gasteiger partial charge in [-0.1, -0.05) is 30.3 Å². The normalized spacial score (nSPS) is 13.5. The second-order valence-electron chi connectivity index (χ2n) is 6.78. The number of allylic oxidation sites excluding steroid dienone is 1. The van der Waals surface area contributed by atoms with Crippen LogP contribution in [0.4, 0.5) is 0 Å². The second kappa shape index (κ2) is 8.75. The van der Waals surface area contributed by atoms with Crippen molar-refractivity contribution in [3.8, 4) is 23.0 Å². The number of ketones is 2. The van der Waals surface area contributed by atoms with E-state index in [-0.39, 0.29) is 23.9 Å². The number of carbonyl (C=O) groups is 2. The van der Waals surface area contributed by atoms with Gasteiger partial charge in [0.05, 0.1) is 19.8 Å². The lowest BCUT2D eigenvalue weighted by Crippen LogP contribution is -2.11. The molecule has 0 fully saturated rings. The van der Waals surface area contributed by atoms with Gasteiger partial charge in [0, 0.05) is 23.3 Å². The van der Waals surface area contributed by atoms with Crippen molar-refractivity contribution in [1.82, 2.24) is 0 Å². The molecule has 0 spiro atoms. The van der Waals surface area contributed by atoms with Gasteiger partial charge in [-0.2, -0.15) is 0 Å². The van der Waals surface area contributed by atoms with E-state index in [1.165, 1.54) is 0 Å². The highest BCUT2D eigenvalue weighted by Gasteiger charge is 2.28. The molecule has 1 heterocycles. The number of Topliss-reactive ketones (excluding diaryl/α,β-unsaturated/α-hetero) is 2. The topological polar surface area (TPSA) is 71.1 Å². The number of ether oxygens (including phenoxy) is 4. The summed E-state index contributed by atoms with van der Waals surface area (Å²) in [4.78, 5) is 25.0. The van der Waals surface area contributed by atoms with Crippen molar-refractivity contribution in [2.45, 2.75) is 0 Å². The van der Waals surface area contributed by atoms with Crippen molar-refractivity contribution in [3.05, 3.63) is 89.2 Å². The summed E-state index contributed by atoms with van der Waals surface area (Å²) in [5, 5.41) is 0. The molecule has 0 aliphatic carbocycles. The average Bonchev–Trinajstić information content (AvgIpc) is 3.12. The molecule has 3 aromatic rings. The first-order valence-electron chi connectivity index (χ1n) is 9.60. The van der Waals surface area contributed by atoms with Crippen molar-refractivity contribution >= 4 is 17.6 Å². The predicted octanol–water partition coefficient (Wildman–Crippen LogP) is 4.58. The highest BCUT2D eigenvalue weighted by molar-refractivity contribution is 6.14. The summed E-state index contributed by atoms with van der Waals surface area (Å²) in [6.45, 7) is -0.109. The SMILES string of the molecule is COc1ccc(C=C2Oc3cc(OCC(=O)c4ccccc4)ccc3C2=O)c(OC)c1. The van der Waals surface area contributed by atoms with Crippen molar-refractivity contribution in [2.75, 3.05) is 20.8 Å². The first-order chi connectivity index (χ1) is 15.1. The molecule has 4 rings (SSSR count). The Hall–Kier alpha value is -4.06. The number of benzene rings is 3. The molecule has 0 radical (unpaired) electrons. The van der Waals surface area contributed by atoms with E-state index in [9.17, 15) is 9.59 Å². The maximum atomic E-state index is 12.7. The van der Waals surface area contributed by atoms with Crippen molar-refractivity contribution in [3.63, 3.8) is 0 Å². The molecular formula is C25H20O6. The van der Waals surface area contributed by atoms with Crippen LogP contribution >= 0.6 is 0 Å². The zero-order valence-corrected chi connectivity index (χ0v) is 17.1. The van der Waals surface area contributed by atoms with Gasteiger partial charge in [0.15, 0.2) is 18.1 Å². The largest absolute Gasteiger partial charge is 0.497 e. The molecular weight excluding hydrogens is 396 g/mol. The molecule has 0 bridgehead atoms. The summed E-state index contributed by atoms with van der Waals surface area (Å²) < 4.78 is 22.0. The number of hydrogen-bond acceptors (Lipinski definition) is 6. The number of rotatable bonds is 7. The van der Waals surface area contributed by atoms with Gasteiger partial charge in [-0.3, -0.25) is 9.59 Å². The smallest absolute Gasteiger partial charge is 0.231 e. The van der Waals surface area contributed by atoms with Gasteiger partial charge >= 0.3 is 0 Å². The van der Waals surface area contributed by atoms with E-state index in [4.69, 9.17) is 18.9 Å². The van der Waals surface area contributed by atoms with E-state index in [0.29, 0.717) is 39.7 Å². The van der Waals surface area contributed by atoms with Gasteiger partial charge < -0.3 is 18.9 Å². The van der Waals surface area contributed by atoms with E-state index in [1.807, 2.05) is 6.07 Å². The number of hydrogen-bond donors (Lipinski definition) is 0. The van der Waals surface area contributed by atoms with Crippen LogP contribution in [0.15, 0.2) is 72.5 Å². The van der Waals surface area contributed by atoms with Gasteiger partial charge in [-0.25, -0.2) is 0 Å². The van der Waals surface area contributed by atoms with Gasteiger partial charge in [-0.05, 0) is 30.3 Å². The van der Waals surface area contributed by atoms with Crippen LogP contribution in [0, 0.1) is 0 Å². The Labute approximate surface area is 179 Å². The molecule has 31 heavy (non-hydrogen) atoms. The summed E-state index contributed by atoms with van der Waals surface area (Å²) in [5.41, 5.74) is 1.69. The minimum Gasteiger partial charge on any atom is -0.497 e. The van der Waals surface area contributed by atoms with Crippen LogP contribution in [0.25, 0.3) is 6.08 Å². The highest BCUT2D eigenvalue weighted by Crippen LogP contribution is 2.36. The molecule has 0 unspecified atom stereocenters. The Kier molecular flexibility index (Phi) is 5.71. The summed E-state index contributed by atoms with van der Waals surface area (Å²) in [7, 11) is 3.11. The molecule has 156 valence electrons. The Morgan fingerprint density at radius 2 is 1.71 bits per heavy atom. The molecule has 0 N–H and O–H groups in total. The fraction of sp³-hybridized carbons (Fsp3) is 0.120. The second-order valence-corrected chi connectivity index (χ2v) is 6.78. The lowest BCUT2D eigenvalue weighted by Gasteiger charge is -2.08. The number of methoxy groups -OCH3 is 2. The highest BCUT2D eigenvalue weighted by atomic mass is 16.5. The van der Waals surface area contributed by atoms with Crippen LogP contribution in [-0.4, -0.2) is 32.4 Å². The average molecular weight is 416 g/mol. The summed E-state index contributed by atoms with van der Waals surface area (Å²) in [6, 6.07) is 19.1. The molecule has 1 aliphatic rings. The van der Waals surface area contributed by atoms with Crippen molar-refractivity contribution < 1.29 is 28.5 Å². The first-order valence-corrected chi connectivity index (χ1v) is 9.60. The summed E-state index contributed by atoms with van der Waals surface area (Å²) >= 11 is 0. The molecule has 3 aromatic carbocycles. The standard InChI is InChI=1S/C25H20O6/c1-28-18-9-8-17(22(13-18)29-2)12-24-25(27)20-11-10-19(14-23(20)31-24)30-15-21(26)16-6-4-3-5-7-16/h3-14H,15H2,1-2H3. The lowest BCUT2D eigenvalue weighted by atomic mass is 10.1. The van der Waals surface area contributed by atoms with Crippen LogP contribution in [-0.2, 0) is 0 Å². The first kappa shape index (κ1) is 20.2. The van der Waals surface area contributed by atoms with Crippen LogP contribution in [0.2, 0.25) is 0 Å². The molecule has 0 saturated carbocycles. The Balaban J connectivity index is 1.51.